The van der Waals surface area contributed by atoms with E-state index < -0.39 is 0 Å². The summed E-state index contributed by atoms with van der Waals surface area (Å²) in [5, 5.41) is 0. The number of carbonyl (C=O) groups excluding carboxylic acids is 1. The van der Waals surface area contributed by atoms with Crippen LogP contribution in [0.3, 0.4) is 0 Å². The summed E-state index contributed by atoms with van der Waals surface area (Å²) < 4.78 is 5.58. The number of carbonyl (C=O) groups is 1. The molecule has 0 N–H and O–H groups in total. The Bertz CT molecular complexity index is 301. The van der Waals surface area contributed by atoms with E-state index in [2.05, 4.69) is 20.8 Å². The smallest absolute Gasteiger partial charge is 0.306 e. The Morgan fingerprint density at radius 3 is 1.41 bits per heavy atom. The fourth-order valence-corrected chi connectivity index (χ4v) is 3.66. The van der Waals surface area contributed by atoms with E-state index in [1.54, 1.807) is 0 Å². The number of hydrogen-bond donors (Lipinski definition) is 0. The third-order valence-electron chi connectivity index (χ3n) is 5.62. The first-order valence-corrected chi connectivity index (χ1v) is 12.4. The number of unbranched alkanes of at least 4 members (excludes halogenated alkanes) is 15. The van der Waals surface area contributed by atoms with Gasteiger partial charge in [0.2, 0.25) is 0 Å². The van der Waals surface area contributed by atoms with Gasteiger partial charge in [-0.1, -0.05) is 124 Å². The van der Waals surface area contributed by atoms with Crippen LogP contribution < -0.4 is 0 Å². The van der Waals surface area contributed by atoms with Crippen LogP contribution in [0.2, 0.25) is 0 Å². The molecular weight excluding hydrogens is 332 g/mol. The van der Waals surface area contributed by atoms with Crippen LogP contribution in [0.1, 0.15) is 149 Å². The first kappa shape index (κ1) is 26.5. The fraction of sp³-hybridized carbons (Fsp3) is 0.960. The summed E-state index contributed by atoms with van der Waals surface area (Å²) in [5.41, 5.74) is 0. The lowest BCUT2D eigenvalue weighted by Gasteiger charge is -2.15. The Hall–Kier alpha value is -0.530. The van der Waals surface area contributed by atoms with Gasteiger partial charge in [0.05, 0.1) is 0 Å². The summed E-state index contributed by atoms with van der Waals surface area (Å²) in [6, 6.07) is 0. The largest absolute Gasteiger partial charge is 0.462 e. The Morgan fingerprint density at radius 1 is 0.593 bits per heavy atom. The van der Waals surface area contributed by atoms with E-state index in [9.17, 15) is 4.79 Å². The number of rotatable bonds is 21. The molecule has 0 rings (SSSR count). The standard InChI is InChI=1S/C25H50O2/c1-4-7-9-10-11-12-13-14-15-16-17-18-19-20-21-23-25(26)27-24(6-3)22-8-5-2/h24H,4-23H2,1-3H3. The van der Waals surface area contributed by atoms with Gasteiger partial charge in [-0.3, -0.25) is 4.79 Å². The van der Waals surface area contributed by atoms with Crippen molar-refractivity contribution in [2.45, 2.75) is 155 Å². The van der Waals surface area contributed by atoms with Crippen molar-refractivity contribution >= 4 is 5.97 Å². The van der Waals surface area contributed by atoms with Crippen molar-refractivity contribution in [2.75, 3.05) is 0 Å². The van der Waals surface area contributed by atoms with Gasteiger partial charge < -0.3 is 4.74 Å². The van der Waals surface area contributed by atoms with Gasteiger partial charge in [-0.15, -0.1) is 0 Å². The van der Waals surface area contributed by atoms with Crippen LogP contribution in [-0.4, -0.2) is 12.1 Å². The van der Waals surface area contributed by atoms with Gasteiger partial charge in [0.1, 0.15) is 6.10 Å². The second kappa shape index (κ2) is 21.8. The van der Waals surface area contributed by atoms with E-state index in [4.69, 9.17) is 4.74 Å². The van der Waals surface area contributed by atoms with Gasteiger partial charge in [0, 0.05) is 6.42 Å². The predicted octanol–water partition coefficient (Wildman–Crippen LogP) is 8.76. The third kappa shape index (κ3) is 20.0. The molecular formula is C25H50O2. The molecule has 27 heavy (non-hydrogen) atoms. The van der Waals surface area contributed by atoms with E-state index in [-0.39, 0.29) is 12.1 Å². The molecule has 1 atom stereocenters. The molecule has 0 aromatic rings. The van der Waals surface area contributed by atoms with Crippen molar-refractivity contribution in [1.82, 2.24) is 0 Å². The third-order valence-corrected chi connectivity index (χ3v) is 5.62. The average molecular weight is 383 g/mol. The molecule has 0 aromatic carbocycles. The molecule has 2 heteroatoms. The van der Waals surface area contributed by atoms with Crippen molar-refractivity contribution in [1.29, 1.82) is 0 Å². The SMILES string of the molecule is CCCCCCCCCCCCCCCCCC(=O)OC(CC)CCCC. The van der Waals surface area contributed by atoms with Crippen molar-refractivity contribution < 1.29 is 9.53 Å². The maximum atomic E-state index is 11.9. The molecule has 0 saturated carbocycles. The van der Waals surface area contributed by atoms with Crippen molar-refractivity contribution in [3.63, 3.8) is 0 Å². The van der Waals surface area contributed by atoms with E-state index >= 15 is 0 Å². The van der Waals surface area contributed by atoms with Gasteiger partial charge in [-0.05, 0) is 19.3 Å². The Kier molecular flexibility index (Phi) is 21.3. The average Bonchev–Trinajstić information content (AvgIpc) is 2.68. The van der Waals surface area contributed by atoms with Crippen LogP contribution in [0, 0.1) is 0 Å². The van der Waals surface area contributed by atoms with Crippen LogP contribution in [0.25, 0.3) is 0 Å². The Labute approximate surface area is 171 Å². The molecule has 0 aliphatic carbocycles. The Balaban J connectivity index is 3.27. The Morgan fingerprint density at radius 2 is 1.00 bits per heavy atom. The second-order valence-electron chi connectivity index (χ2n) is 8.36. The van der Waals surface area contributed by atoms with Gasteiger partial charge in [0.25, 0.3) is 0 Å². The summed E-state index contributed by atoms with van der Waals surface area (Å²) in [6.07, 6.45) is 25.4. The summed E-state index contributed by atoms with van der Waals surface area (Å²) in [7, 11) is 0. The summed E-state index contributed by atoms with van der Waals surface area (Å²) in [5.74, 6) is 0.0210. The number of hydrogen-bond acceptors (Lipinski definition) is 2. The highest BCUT2D eigenvalue weighted by Gasteiger charge is 2.11. The highest BCUT2D eigenvalue weighted by Crippen LogP contribution is 2.15. The zero-order valence-electron chi connectivity index (χ0n) is 19.0. The van der Waals surface area contributed by atoms with Crippen LogP contribution in [0.4, 0.5) is 0 Å². The predicted molar refractivity (Wildman–Crippen MR) is 119 cm³/mol. The first-order valence-electron chi connectivity index (χ1n) is 12.4. The number of esters is 1. The molecule has 1 unspecified atom stereocenters. The lowest BCUT2D eigenvalue weighted by atomic mass is 10.0. The maximum absolute atomic E-state index is 11.9. The molecule has 0 aromatic heterocycles. The minimum absolute atomic E-state index is 0.0210. The molecule has 0 bridgehead atoms. The minimum Gasteiger partial charge on any atom is -0.462 e. The van der Waals surface area contributed by atoms with Crippen LogP contribution in [0.5, 0.6) is 0 Å². The summed E-state index contributed by atoms with van der Waals surface area (Å²) in [6.45, 7) is 6.58. The minimum atomic E-state index is 0.0210. The normalized spacial score (nSPS) is 12.3. The maximum Gasteiger partial charge on any atom is 0.306 e. The van der Waals surface area contributed by atoms with Crippen LogP contribution >= 0.6 is 0 Å². The molecule has 0 aliphatic heterocycles. The summed E-state index contributed by atoms with van der Waals surface area (Å²) in [4.78, 5) is 11.9. The molecule has 2 nitrogen and oxygen atoms in total. The zero-order valence-corrected chi connectivity index (χ0v) is 19.0. The van der Waals surface area contributed by atoms with Gasteiger partial charge in [-0.2, -0.15) is 0 Å². The highest BCUT2D eigenvalue weighted by molar-refractivity contribution is 5.69. The van der Waals surface area contributed by atoms with Gasteiger partial charge >= 0.3 is 5.97 Å². The number of ether oxygens (including phenoxy) is 1. The quantitative estimate of drug-likeness (QED) is 0.146. The van der Waals surface area contributed by atoms with Gasteiger partial charge in [0.15, 0.2) is 0 Å². The lowest BCUT2D eigenvalue weighted by Crippen LogP contribution is -2.17. The van der Waals surface area contributed by atoms with E-state index in [1.165, 1.54) is 96.3 Å². The van der Waals surface area contributed by atoms with E-state index in [1.807, 2.05) is 0 Å². The van der Waals surface area contributed by atoms with Crippen LogP contribution in [-0.2, 0) is 9.53 Å². The molecule has 0 heterocycles. The fourth-order valence-electron chi connectivity index (χ4n) is 3.66. The molecule has 0 amide bonds. The molecule has 0 fully saturated rings. The monoisotopic (exact) mass is 382 g/mol. The van der Waals surface area contributed by atoms with Crippen molar-refractivity contribution in [3.05, 3.63) is 0 Å². The molecule has 0 spiro atoms. The van der Waals surface area contributed by atoms with Crippen molar-refractivity contribution in [2.24, 2.45) is 0 Å². The first-order chi connectivity index (χ1) is 13.2. The molecule has 0 saturated heterocycles. The summed E-state index contributed by atoms with van der Waals surface area (Å²) >= 11 is 0. The molecule has 162 valence electrons. The van der Waals surface area contributed by atoms with E-state index in [0.29, 0.717) is 6.42 Å². The molecule has 0 aliphatic rings. The van der Waals surface area contributed by atoms with E-state index in [0.717, 1.165) is 25.7 Å². The van der Waals surface area contributed by atoms with Crippen molar-refractivity contribution in [3.8, 4) is 0 Å². The zero-order chi connectivity index (χ0) is 20.0. The highest BCUT2D eigenvalue weighted by atomic mass is 16.5. The second-order valence-corrected chi connectivity index (χ2v) is 8.36. The lowest BCUT2D eigenvalue weighted by molar-refractivity contribution is -0.149. The van der Waals surface area contributed by atoms with Crippen LogP contribution in [0.15, 0.2) is 0 Å². The topological polar surface area (TPSA) is 26.3 Å². The molecule has 0 radical (unpaired) electrons. The van der Waals surface area contributed by atoms with Gasteiger partial charge in [-0.25, -0.2) is 0 Å².